The standard InChI is InChI=1S/C19H16N2O3/c22-17-18(23)21(14-16-10-5-2-6-11-16)19(24)20(17)13-7-12-15-8-3-1-4-9-15/h1-12H,13-14H2. The van der Waals surface area contributed by atoms with Crippen molar-refractivity contribution >= 4 is 23.9 Å². The quantitative estimate of drug-likeness (QED) is 0.629. The lowest BCUT2D eigenvalue weighted by molar-refractivity contribution is -0.143. The number of hydrogen-bond donors (Lipinski definition) is 0. The van der Waals surface area contributed by atoms with Crippen molar-refractivity contribution in [1.82, 2.24) is 9.80 Å². The lowest BCUT2D eigenvalue weighted by atomic mass is 10.2. The third-order valence-corrected chi connectivity index (χ3v) is 3.72. The summed E-state index contributed by atoms with van der Waals surface area (Å²) in [5.74, 6) is -1.56. The van der Waals surface area contributed by atoms with Crippen LogP contribution in [-0.4, -0.2) is 34.2 Å². The molecule has 0 bridgehead atoms. The van der Waals surface area contributed by atoms with Crippen LogP contribution in [0.15, 0.2) is 66.7 Å². The zero-order chi connectivity index (χ0) is 16.9. The Morgan fingerprint density at radius 2 is 1.33 bits per heavy atom. The number of hydrogen-bond acceptors (Lipinski definition) is 3. The molecule has 1 aliphatic heterocycles. The SMILES string of the molecule is O=C1C(=O)N(Cc2ccccc2)C(=O)N1CC=Cc1ccccc1. The molecule has 120 valence electrons. The summed E-state index contributed by atoms with van der Waals surface area (Å²) in [6.07, 6.45) is 3.51. The predicted molar refractivity (Wildman–Crippen MR) is 89.6 cm³/mol. The third-order valence-electron chi connectivity index (χ3n) is 3.72. The van der Waals surface area contributed by atoms with Gasteiger partial charge in [-0.2, -0.15) is 0 Å². The molecule has 1 aliphatic rings. The molecule has 3 rings (SSSR count). The van der Waals surface area contributed by atoms with E-state index in [-0.39, 0.29) is 13.1 Å². The summed E-state index contributed by atoms with van der Waals surface area (Å²) < 4.78 is 0. The first-order valence-electron chi connectivity index (χ1n) is 7.59. The molecule has 2 aromatic rings. The average Bonchev–Trinajstić information content (AvgIpc) is 2.81. The van der Waals surface area contributed by atoms with Crippen LogP contribution in [0.2, 0.25) is 0 Å². The van der Waals surface area contributed by atoms with E-state index in [2.05, 4.69) is 0 Å². The van der Waals surface area contributed by atoms with Crippen molar-refractivity contribution in [3.8, 4) is 0 Å². The highest BCUT2D eigenvalue weighted by Crippen LogP contribution is 2.16. The van der Waals surface area contributed by atoms with Gasteiger partial charge in [0.2, 0.25) is 0 Å². The molecule has 2 aromatic carbocycles. The second-order valence-corrected chi connectivity index (χ2v) is 5.39. The number of nitrogens with zero attached hydrogens (tertiary/aromatic N) is 2. The molecule has 0 atom stereocenters. The van der Waals surface area contributed by atoms with Gasteiger partial charge in [0.1, 0.15) is 0 Å². The summed E-state index contributed by atoms with van der Waals surface area (Å²) in [5, 5.41) is 0. The smallest absolute Gasteiger partial charge is 0.263 e. The van der Waals surface area contributed by atoms with Crippen LogP contribution in [0.1, 0.15) is 11.1 Å². The van der Waals surface area contributed by atoms with Crippen molar-refractivity contribution in [1.29, 1.82) is 0 Å². The van der Waals surface area contributed by atoms with Gasteiger partial charge < -0.3 is 0 Å². The maximum atomic E-state index is 12.3. The second-order valence-electron chi connectivity index (χ2n) is 5.39. The molecular weight excluding hydrogens is 304 g/mol. The van der Waals surface area contributed by atoms with Crippen molar-refractivity contribution in [2.45, 2.75) is 6.54 Å². The molecule has 1 heterocycles. The number of imide groups is 2. The first kappa shape index (κ1) is 15.7. The van der Waals surface area contributed by atoms with Gasteiger partial charge in [0.05, 0.1) is 6.54 Å². The van der Waals surface area contributed by atoms with E-state index in [4.69, 9.17) is 0 Å². The van der Waals surface area contributed by atoms with Gasteiger partial charge in [-0.05, 0) is 11.1 Å². The molecule has 1 fully saturated rings. The fourth-order valence-electron chi connectivity index (χ4n) is 2.48. The first-order valence-corrected chi connectivity index (χ1v) is 7.59. The normalized spacial score (nSPS) is 14.9. The van der Waals surface area contributed by atoms with Crippen LogP contribution >= 0.6 is 0 Å². The molecule has 4 amide bonds. The van der Waals surface area contributed by atoms with Crippen molar-refractivity contribution < 1.29 is 14.4 Å². The zero-order valence-electron chi connectivity index (χ0n) is 13.0. The molecule has 0 spiro atoms. The van der Waals surface area contributed by atoms with E-state index in [9.17, 15) is 14.4 Å². The van der Waals surface area contributed by atoms with Gasteiger partial charge in [-0.15, -0.1) is 0 Å². The van der Waals surface area contributed by atoms with Crippen LogP contribution in [0.5, 0.6) is 0 Å². The van der Waals surface area contributed by atoms with E-state index >= 15 is 0 Å². The summed E-state index contributed by atoms with van der Waals surface area (Å²) in [7, 11) is 0. The first-order chi connectivity index (χ1) is 11.7. The summed E-state index contributed by atoms with van der Waals surface area (Å²) in [6, 6.07) is 18.1. The highest BCUT2D eigenvalue weighted by molar-refractivity contribution is 6.44. The second kappa shape index (κ2) is 6.91. The van der Waals surface area contributed by atoms with Crippen molar-refractivity contribution in [2.75, 3.05) is 6.54 Å². The molecule has 0 radical (unpaired) electrons. The molecule has 1 saturated heterocycles. The molecule has 0 aromatic heterocycles. The van der Waals surface area contributed by atoms with E-state index in [1.54, 1.807) is 6.08 Å². The van der Waals surface area contributed by atoms with Gasteiger partial charge in [-0.1, -0.05) is 72.8 Å². The molecule has 5 heteroatoms. The van der Waals surface area contributed by atoms with Crippen molar-refractivity contribution in [3.63, 3.8) is 0 Å². The minimum Gasteiger partial charge on any atom is -0.263 e. The largest absolute Gasteiger partial charge is 0.334 e. The Labute approximate surface area is 139 Å². The third kappa shape index (κ3) is 3.25. The molecule has 0 saturated carbocycles. The van der Waals surface area contributed by atoms with Gasteiger partial charge >= 0.3 is 17.8 Å². The van der Waals surface area contributed by atoms with Gasteiger partial charge in [0, 0.05) is 6.54 Å². The Morgan fingerprint density at radius 3 is 2.00 bits per heavy atom. The van der Waals surface area contributed by atoms with E-state index < -0.39 is 17.8 Å². The number of carbonyl (C=O) groups excluding carboxylic acids is 3. The summed E-state index contributed by atoms with van der Waals surface area (Å²) in [5.41, 5.74) is 1.76. The van der Waals surface area contributed by atoms with Gasteiger partial charge in [-0.25, -0.2) is 4.79 Å². The lowest BCUT2D eigenvalue weighted by Crippen LogP contribution is -2.33. The predicted octanol–water partition coefficient (Wildman–Crippen LogP) is 2.69. The summed E-state index contributed by atoms with van der Waals surface area (Å²) in [4.78, 5) is 38.4. The Morgan fingerprint density at radius 1 is 0.750 bits per heavy atom. The number of rotatable bonds is 5. The number of urea groups is 1. The van der Waals surface area contributed by atoms with E-state index in [0.717, 1.165) is 20.9 Å². The minimum absolute atomic E-state index is 0.0730. The van der Waals surface area contributed by atoms with Crippen LogP contribution in [0.4, 0.5) is 4.79 Å². The zero-order valence-corrected chi connectivity index (χ0v) is 13.0. The Kier molecular flexibility index (Phi) is 4.52. The van der Waals surface area contributed by atoms with Gasteiger partial charge in [-0.3, -0.25) is 19.4 Å². The number of benzene rings is 2. The number of amides is 4. The fourth-order valence-corrected chi connectivity index (χ4v) is 2.48. The fraction of sp³-hybridized carbons (Fsp3) is 0.105. The molecule has 0 aliphatic carbocycles. The van der Waals surface area contributed by atoms with E-state index in [1.165, 1.54) is 0 Å². The highest BCUT2D eigenvalue weighted by Gasteiger charge is 2.43. The van der Waals surface area contributed by atoms with Crippen LogP contribution in [0.25, 0.3) is 6.08 Å². The van der Waals surface area contributed by atoms with Crippen molar-refractivity contribution in [2.24, 2.45) is 0 Å². The average molecular weight is 320 g/mol. The molecule has 24 heavy (non-hydrogen) atoms. The summed E-state index contributed by atoms with van der Waals surface area (Å²) in [6.45, 7) is 0.173. The van der Waals surface area contributed by atoms with Crippen LogP contribution in [-0.2, 0) is 16.1 Å². The van der Waals surface area contributed by atoms with Crippen LogP contribution in [0, 0.1) is 0 Å². The molecular formula is C19H16N2O3. The van der Waals surface area contributed by atoms with Crippen LogP contribution < -0.4 is 0 Å². The Hall–Kier alpha value is -3.21. The molecule has 0 unspecified atom stereocenters. The van der Waals surface area contributed by atoms with E-state index in [0.29, 0.717) is 0 Å². The van der Waals surface area contributed by atoms with Crippen LogP contribution in [0.3, 0.4) is 0 Å². The topological polar surface area (TPSA) is 57.7 Å². The highest BCUT2D eigenvalue weighted by atomic mass is 16.2. The van der Waals surface area contributed by atoms with Crippen molar-refractivity contribution in [3.05, 3.63) is 77.9 Å². The monoisotopic (exact) mass is 320 g/mol. The summed E-state index contributed by atoms with van der Waals surface area (Å²) >= 11 is 0. The number of carbonyl (C=O) groups is 3. The maximum absolute atomic E-state index is 12.3. The van der Waals surface area contributed by atoms with Gasteiger partial charge in [0.15, 0.2) is 0 Å². The molecule has 0 N–H and O–H groups in total. The van der Waals surface area contributed by atoms with Gasteiger partial charge in [0.25, 0.3) is 0 Å². The minimum atomic E-state index is -0.784. The lowest BCUT2D eigenvalue weighted by Gasteiger charge is -2.14. The maximum Gasteiger partial charge on any atom is 0.334 e. The Balaban J connectivity index is 1.69. The van der Waals surface area contributed by atoms with E-state index in [1.807, 2.05) is 66.7 Å². The molecule has 5 nitrogen and oxygen atoms in total. The Bertz CT molecular complexity index is 785.